The molecule has 0 radical (unpaired) electrons. The minimum atomic E-state index is -1.96. The number of hydrogen-bond donors (Lipinski definition) is 0. The van der Waals surface area contributed by atoms with Crippen LogP contribution in [0.15, 0.2) is 65.6 Å². The minimum Gasteiger partial charge on any atom is -0.0996 e. The van der Waals surface area contributed by atoms with Crippen LogP contribution in [-0.4, -0.2) is 6.26 Å². The van der Waals surface area contributed by atoms with Crippen molar-refractivity contribution >= 4 is 9.93 Å². The molecule has 0 aliphatic carbocycles. The van der Waals surface area contributed by atoms with Gasteiger partial charge in [0, 0.05) is 5.56 Å². The van der Waals surface area contributed by atoms with Gasteiger partial charge in [-0.3, -0.25) is 0 Å². The quantitative estimate of drug-likeness (QED) is 0.740. The lowest BCUT2D eigenvalue weighted by Crippen LogP contribution is -2.11. The zero-order valence-corrected chi connectivity index (χ0v) is 10.1. The van der Waals surface area contributed by atoms with E-state index in [4.69, 9.17) is 0 Å². The highest BCUT2D eigenvalue weighted by atomic mass is 32.2. The molecule has 1 atom stereocenters. The molecule has 0 saturated carbocycles. The van der Waals surface area contributed by atoms with Crippen molar-refractivity contribution in [2.75, 3.05) is 6.26 Å². The molecular weight excluding hydrogens is 216 g/mol. The molecule has 2 aromatic carbocycles. The summed E-state index contributed by atoms with van der Waals surface area (Å²) in [6, 6.07) is 19.7. The lowest BCUT2D eigenvalue weighted by Gasteiger charge is -2.06. The van der Waals surface area contributed by atoms with Gasteiger partial charge in [0.1, 0.15) is 21.9 Å². The van der Waals surface area contributed by atoms with Gasteiger partial charge in [-0.1, -0.05) is 52.7 Å². The molecule has 2 heteroatoms. The molecule has 0 spiro atoms. The SMILES string of the molecule is C[S+](=O)(Cc1ccccc1)c1ccccc1. The van der Waals surface area contributed by atoms with E-state index in [-0.39, 0.29) is 0 Å². The third-order valence-electron chi connectivity index (χ3n) is 2.53. The monoisotopic (exact) mass is 231 g/mol. The van der Waals surface area contributed by atoms with Crippen molar-refractivity contribution < 1.29 is 4.21 Å². The number of rotatable bonds is 3. The van der Waals surface area contributed by atoms with Gasteiger partial charge in [-0.05, 0) is 12.1 Å². The van der Waals surface area contributed by atoms with Gasteiger partial charge in [0.15, 0.2) is 4.90 Å². The van der Waals surface area contributed by atoms with Gasteiger partial charge in [0.2, 0.25) is 0 Å². The maximum atomic E-state index is 12.6. The average molecular weight is 231 g/mol. The maximum Gasteiger partial charge on any atom is 0.158 e. The Bertz CT molecular complexity index is 491. The second-order valence-electron chi connectivity index (χ2n) is 3.95. The van der Waals surface area contributed by atoms with E-state index in [0.717, 1.165) is 10.5 Å². The second-order valence-corrected chi connectivity index (χ2v) is 6.72. The predicted octanol–water partition coefficient (Wildman–Crippen LogP) is 3.38. The molecule has 0 fully saturated rings. The topological polar surface area (TPSA) is 17.1 Å². The van der Waals surface area contributed by atoms with Crippen LogP contribution in [0, 0.1) is 0 Å². The molecule has 0 amide bonds. The van der Waals surface area contributed by atoms with Gasteiger partial charge >= 0.3 is 0 Å². The van der Waals surface area contributed by atoms with Crippen LogP contribution in [0.2, 0.25) is 0 Å². The Balaban J connectivity index is 2.25. The lowest BCUT2D eigenvalue weighted by molar-refractivity contribution is 0.587. The van der Waals surface area contributed by atoms with Gasteiger partial charge in [-0.2, -0.15) is 0 Å². The van der Waals surface area contributed by atoms with Crippen molar-refractivity contribution in [2.24, 2.45) is 0 Å². The van der Waals surface area contributed by atoms with Gasteiger partial charge < -0.3 is 0 Å². The molecule has 82 valence electrons. The molecule has 1 nitrogen and oxygen atoms in total. The summed E-state index contributed by atoms with van der Waals surface area (Å²) in [6.45, 7) is 0. The molecule has 1 unspecified atom stereocenters. The Morgan fingerprint density at radius 3 is 1.94 bits per heavy atom. The fraction of sp³-hybridized carbons (Fsp3) is 0.143. The first-order valence-corrected chi connectivity index (χ1v) is 7.38. The fourth-order valence-electron chi connectivity index (χ4n) is 1.68. The van der Waals surface area contributed by atoms with Crippen LogP contribution < -0.4 is 0 Å². The standard InChI is InChI=1S/C14H15OS/c1-16(15,14-10-6-3-7-11-14)12-13-8-4-2-5-9-13/h2-11H,12H2,1H3/q+1. The van der Waals surface area contributed by atoms with E-state index in [0.29, 0.717) is 5.75 Å². The zero-order valence-electron chi connectivity index (χ0n) is 9.30. The van der Waals surface area contributed by atoms with E-state index in [1.807, 2.05) is 66.9 Å². The second kappa shape index (κ2) is 4.62. The average Bonchev–Trinajstić information content (AvgIpc) is 2.31. The third-order valence-corrected chi connectivity index (χ3v) is 4.68. The van der Waals surface area contributed by atoms with Crippen molar-refractivity contribution in [2.45, 2.75) is 10.6 Å². The van der Waals surface area contributed by atoms with E-state index >= 15 is 0 Å². The van der Waals surface area contributed by atoms with E-state index in [2.05, 4.69) is 0 Å². The Morgan fingerprint density at radius 2 is 1.38 bits per heavy atom. The first-order chi connectivity index (χ1) is 7.68. The van der Waals surface area contributed by atoms with Crippen molar-refractivity contribution in [1.29, 1.82) is 0 Å². The van der Waals surface area contributed by atoms with Crippen molar-refractivity contribution in [3.63, 3.8) is 0 Å². The van der Waals surface area contributed by atoms with Gasteiger partial charge in [-0.25, -0.2) is 0 Å². The largest absolute Gasteiger partial charge is 0.158 e. The smallest absolute Gasteiger partial charge is 0.0996 e. The molecule has 0 saturated heterocycles. The zero-order chi connectivity index (χ0) is 11.4. The lowest BCUT2D eigenvalue weighted by atomic mass is 10.2. The van der Waals surface area contributed by atoms with Crippen molar-refractivity contribution in [3.05, 3.63) is 66.2 Å². The molecule has 0 aliphatic rings. The minimum absolute atomic E-state index is 0.609. The highest BCUT2D eigenvalue weighted by Gasteiger charge is 2.24. The van der Waals surface area contributed by atoms with Crippen LogP contribution >= 0.6 is 0 Å². The normalized spacial score (nSPS) is 14.3. The summed E-state index contributed by atoms with van der Waals surface area (Å²) >= 11 is 0. The Kier molecular flexibility index (Phi) is 3.20. The summed E-state index contributed by atoms with van der Waals surface area (Å²) in [6.07, 6.45) is 1.83. The molecule has 2 rings (SSSR count). The van der Waals surface area contributed by atoms with Crippen molar-refractivity contribution in [1.82, 2.24) is 0 Å². The third kappa shape index (κ3) is 2.58. The fourth-order valence-corrected chi connectivity index (χ4v) is 3.41. The van der Waals surface area contributed by atoms with E-state index < -0.39 is 9.93 Å². The summed E-state index contributed by atoms with van der Waals surface area (Å²) < 4.78 is 12.6. The summed E-state index contributed by atoms with van der Waals surface area (Å²) in [5.74, 6) is 0.609. The van der Waals surface area contributed by atoms with Crippen LogP contribution in [-0.2, 0) is 19.9 Å². The molecular formula is C14H15OS+. The van der Waals surface area contributed by atoms with Gasteiger partial charge in [0.25, 0.3) is 0 Å². The summed E-state index contributed by atoms with van der Waals surface area (Å²) in [5.41, 5.74) is 1.12. The van der Waals surface area contributed by atoms with Crippen LogP contribution in [0.25, 0.3) is 0 Å². The summed E-state index contributed by atoms with van der Waals surface area (Å²) in [5, 5.41) is 0. The first kappa shape index (κ1) is 11.1. The van der Waals surface area contributed by atoms with Crippen molar-refractivity contribution in [3.8, 4) is 0 Å². The molecule has 16 heavy (non-hydrogen) atoms. The molecule has 2 aromatic rings. The Labute approximate surface area is 97.6 Å². The molecule has 0 N–H and O–H groups in total. The first-order valence-electron chi connectivity index (χ1n) is 5.24. The maximum absolute atomic E-state index is 12.6. The summed E-state index contributed by atoms with van der Waals surface area (Å²) in [4.78, 5) is 0.929. The highest BCUT2D eigenvalue weighted by Crippen LogP contribution is 2.21. The summed E-state index contributed by atoms with van der Waals surface area (Å²) in [7, 11) is -1.96. The Morgan fingerprint density at radius 1 is 0.875 bits per heavy atom. The highest BCUT2D eigenvalue weighted by molar-refractivity contribution is 8.01. The van der Waals surface area contributed by atoms with Crippen LogP contribution in [0.5, 0.6) is 0 Å². The van der Waals surface area contributed by atoms with Crippen LogP contribution in [0.3, 0.4) is 0 Å². The molecule has 0 aromatic heterocycles. The number of benzene rings is 2. The van der Waals surface area contributed by atoms with E-state index in [9.17, 15) is 4.21 Å². The van der Waals surface area contributed by atoms with E-state index in [1.54, 1.807) is 0 Å². The van der Waals surface area contributed by atoms with Gasteiger partial charge in [-0.15, -0.1) is 0 Å². The van der Waals surface area contributed by atoms with Crippen LogP contribution in [0.1, 0.15) is 5.56 Å². The predicted molar refractivity (Wildman–Crippen MR) is 68.8 cm³/mol. The van der Waals surface area contributed by atoms with E-state index in [1.165, 1.54) is 0 Å². The molecule has 0 bridgehead atoms. The van der Waals surface area contributed by atoms with Gasteiger partial charge in [0.05, 0.1) is 0 Å². The molecule has 0 aliphatic heterocycles. The number of hydrogen-bond acceptors (Lipinski definition) is 1. The van der Waals surface area contributed by atoms with Crippen LogP contribution in [0.4, 0.5) is 0 Å². The molecule has 0 heterocycles. The Hall–Kier alpha value is -1.41.